The van der Waals surface area contributed by atoms with E-state index in [4.69, 9.17) is 0 Å². The minimum absolute atomic E-state index is 0.113. The van der Waals surface area contributed by atoms with Crippen LogP contribution in [0, 0.1) is 10.1 Å². The van der Waals surface area contributed by atoms with Crippen LogP contribution in [0.15, 0.2) is 29.4 Å². The lowest BCUT2D eigenvalue weighted by Gasteiger charge is -2.15. The van der Waals surface area contributed by atoms with Gasteiger partial charge in [-0.3, -0.25) is 15.1 Å². The molecule has 0 aliphatic carbocycles. The third-order valence-corrected chi connectivity index (χ3v) is 3.06. The Morgan fingerprint density at radius 1 is 1.11 bits per heavy atom. The molecule has 1 heterocycles. The van der Waals surface area contributed by atoms with Gasteiger partial charge in [0.15, 0.2) is 0 Å². The van der Waals surface area contributed by atoms with Crippen molar-refractivity contribution in [1.82, 2.24) is 5.01 Å². The smallest absolute Gasteiger partial charge is 0.269 e. The first-order chi connectivity index (χ1) is 8.75. The summed E-state index contributed by atoms with van der Waals surface area (Å²) in [6, 6.07) is 6.45. The number of nitro groups is 1. The number of hydrogen-bond acceptors (Lipinski definition) is 4. The van der Waals surface area contributed by atoms with Crippen molar-refractivity contribution in [3.05, 3.63) is 39.9 Å². The third-order valence-electron chi connectivity index (χ3n) is 3.06. The van der Waals surface area contributed by atoms with Crippen molar-refractivity contribution in [2.45, 2.75) is 25.7 Å². The van der Waals surface area contributed by atoms with Crippen LogP contribution in [0.1, 0.15) is 31.2 Å². The molecule has 5 nitrogen and oxygen atoms in total. The van der Waals surface area contributed by atoms with Gasteiger partial charge in [-0.1, -0.05) is 12.8 Å². The van der Waals surface area contributed by atoms with Gasteiger partial charge in [0.1, 0.15) is 0 Å². The highest BCUT2D eigenvalue weighted by Gasteiger charge is 2.06. The van der Waals surface area contributed by atoms with E-state index in [1.807, 2.05) is 0 Å². The quantitative estimate of drug-likeness (QED) is 0.469. The Labute approximate surface area is 106 Å². The highest BCUT2D eigenvalue weighted by atomic mass is 16.6. The van der Waals surface area contributed by atoms with Crippen molar-refractivity contribution < 1.29 is 4.92 Å². The van der Waals surface area contributed by atoms with Crippen molar-refractivity contribution in [2.24, 2.45) is 5.10 Å². The summed E-state index contributed by atoms with van der Waals surface area (Å²) in [5.74, 6) is 0. The molecule has 0 N–H and O–H groups in total. The van der Waals surface area contributed by atoms with Crippen LogP contribution in [0.4, 0.5) is 5.69 Å². The van der Waals surface area contributed by atoms with Crippen LogP contribution in [0.3, 0.4) is 0 Å². The molecule has 1 aromatic rings. The Morgan fingerprint density at radius 3 is 2.28 bits per heavy atom. The molecule has 0 spiro atoms. The first-order valence-electron chi connectivity index (χ1n) is 6.29. The summed E-state index contributed by atoms with van der Waals surface area (Å²) in [6.45, 7) is 2.01. The lowest BCUT2D eigenvalue weighted by atomic mass is 10.2. The SMILES string of the molecule is O=[N+]([O-])c1ccc(/C=N/N2CCCCCC2)cc1. The van der Waals surface area contributed by atoms with Crippen LogP contribution in [-0.4, -0.2) is 29.2 Å². The Hall–Kier alpha value is -1.91. The lowest BCUT2D eigenvalue weighted by molar-refractivity contribution is -0.384. The largest absolute Gasteiger partial charge is 0.297 e. The van der Waals surface area contributed by atoms with E-state index in [9.17, 15) is 10.1 Å². The zero-order valence-electron chi connectivity index (χ0n) is 10.3. The van der Waals surface area contributed by atoms with Crippen molar-refractivity contribution in [1.29, 1.82) is 0 Å². The Bertz CT molecular complexity index is 420. The summed E-state index contributed by atoms with van der Waals surface area (Å²) in [4.78, 5) is 10.1. The van der Waals surface area contributed by atoms with E-state index < -0.39 is 4.92 Å². The molecule has 1 aromatic carbocycles. The van der Waals surface area contributed by atoms with Gasteiger partial charge >= 0.3 is 0 Å². The second kappa shape index (κ2) is 6.14. The monoisotopic (exact) mass is 247 g/mol. The van der Waals surface area contributed by atoms with Gasteiger partial charge in [0.2, 0.25) is 0 Å². The van der Waals surface area contributed by atoms with Crippen LogP contribution in [-0.2, 0) is 0 Å². The van der Waals surface area contributed by atoms with Crippen molar-refractivity contribution in [3.63, 3.8) is 0 Å². The topological polar surface area (TPSA) is 58.7 Å². The minimum Gasteiger partial charge on any atom is -0.297 e. The molecule has 0 aromatic heterocycles. The molecule has 1 aliphatic rings. The molecule has 0 bridgehead atoms. The van der Waals surface area contributed by atoms with Crippen LogP contribution < -0.4 is 0 Å². The molecule has 1 aliphatic heterocycles. The van der Waals surface area contributed by atoms with E-state index in [-0.39, 0.29) is 5.69 Å². The van der Waals surface area contributed by atoms with Crippen LogP contribution >= 0.6 is 0 Å². The number of nitrogens with zero attached hydrogens (tertiary/aromatic N) is 3. The fourth-order valence-electron chi connectivity index (χ4n) is 2.00. The number of benzene rings is 1. The zero-order valence-corrected chi connectivity index (χ0v) is 10.3. The highest BCUT2D eigenvalue weighted by Crippen LogP contribution is 2.12. The summed E-state index contributed by atoms with van der Waals surface area (Å²) < 4.78 is 0. The van der Waals surface area contributed by atoms with Gasteiger partial charge in [-0.05, 0) is 30.5 Å². The van der Waals surface area contributed by atoms with Crippen LogP contribution in [0.5, 0.6) is 0 Å². The lowest BCUT2D eigenvalue weighted by Crippen LogP contribution is -2.18. The Kier molecular flexibility index (Phi) is 4.28. The molecular weight excluding hydrogens is 230 g/mol. The standard InChI is InChI=1S/C13H17N3O2/c17-16(18)13-7-5-12(6-8-13)11-14-15-9-3-1-2-4-10-15/h5-8,11H,1-4,9-10H2/b14-11+. The maximum Gasteiger partial charge on any atom is 0.269 e. The summed E-state index contributed by atoms with van der Waals surface area (Å²) in [6.07, 6.45) is 6.72. The number of hydrogen-bond donors (Lipinski definition) is 0. The number of non-ortho nitro benzene ring substituents is 1. The molecule has 0 unspecified atom stereocenters. The summed E-state index contributed by atoms with van der Waals surface area (Å²) in [5.41, 5.74) is 1.01. The van der Waals surface area contributed by atoms with Gasteiger partial charge in [0.05, 0.1) is 11.1 Å². The second-order valence-corrected chi connectivity index (χ2v) is 4.46. The molecule has 0 saturated carbocycles. The predicted molar refractivity (Wildman–Crippen MR) is 70.7 cm³/mol. The number of nitro benzene ring substituents is 1. The average Bonchev–Trinajstić information content (AvgIpc) is 2.65. The Balaban J connectivity index is 1.97. The fourth-order valence-corrected chi connectivity index (χ4v) is 2.00. The summed E-state index contributed by atoms with van der Waals surface area (Å²) in [7, 11) is 0. The number of hydrazone groups is 1. The zero-order chi connectivity index (χ0) is 12.8. The van der Waals surface area contributed by atoms with Gasteiger partial charge in [-0.25, -0.2) is 0 Å². The van der Waals surface area contributed by atoms with E-state index in [0.29, 0.717) is 0 Å². The first kappa shape index (κ1) is 12.5. The van der Waals surface area contributed by atoms with E-state index in [0.717, 1.165) is 18.7 Å². The van der Waals surface area contributed by atoms with E-state index in [2.05, 4.69) is 10.1 Å². The maximum atomic E-state index is 10.5. The van der Waals surface area contributed by atoms with Crippen molar-refractivity contribution in [2.75, 3.05) is 13.1 Å². The van der Waals surface area contributed by atoms with E-state index in [1.165, 1.54) is 37.8 Å². The molecule has 0 atom stereocenters. The average molecular weight is 247 g/mol. The molecule has 1 fully saturated rings. The molecule has 96 valence electrons. The Morgan fingerprint density at radius 2 is 1.72 bits per heavy atom. The van der Waals surface area contributed by atoms with Crippen LogP contribution in [0.2, 0.25) is 0 Å². The second-order valence-electron chi connectivity index (χ2n) is 4.46. The normalized spacial score (nSPS) is 16.8. The fraction of sp³-hybridized carbons (Fsp3) is 0.462. The predicted octanol–water partition coefficient (Wildman–Crippen LogP) is 2.80. The van der Waals surface area contributed by atoms with Gasteiger partial charge < -0.3 is 0 Å². The molecular formula is C13H17N3O2. The van der Waals surface area contributed by atoms with Crippen molar-refractivity contribution >= 4 is 11.9 Å². The van der Waals surface area contributed by atoms with Crippen molar-refractivity contribution in [3.8, 4) is 0 Å². The van der Waals surface area contributed by atoms with Gasteiger partial charge in [-0.2, -0.15) is 5.10 Å². The maximum absolute atomic E-state index is 10.5. The molecule has 0 radical (unpaired) electrons. The van der Waals surface area contributed by atoms with Gasteiger partial charge in [0, 0.05) is 25.2 Å². The molecule has 5 heteroatoms. The van der Waals surface area contributed by atoms with E-state index in [1.54, 1.807) is 18.3 Å². The van der Waals surface area contributed by atoms with E-state index >= 15 is 0 Å². The summed E-state index contributed by atoms with van der Waals surface area (Å²) in [5, 5.41) is 17.0. The molecule has 18 heavy (non-hydrogen) atoms. The minimum atomic E-state index is -0.393. The van der Waals surface area contributed by atoms with Gasteiger partial charge in [0.25, 0.3) is 5.69 Å². The highest BCUT2D eigenvalue weighted by molar-refractivity contribution is 5.79. The van der Waals surface area contributed by atoms with Gasteiger partial charge in [-0.15, -0.1) is 0 Å². The summed E-state index contributed by atoms with van der Waals surface area (Å²) >= 11 is 0. The first-order valence-corrected chi connectivity index (χ1v) is 6.29. The molecule has 2 rings (SSSR count). The molecule has 1 saturated heterocycles. The number of rotatable bonds is 3. The third kappa shape index (κ3) is 3.55. The van der Waals surface area contributed by atoms with Crippen LogP contribution in [0.25, 0.3) is 0 Å². The molecule has 0 amide bonds.